The van der Waals surface area contributed by atoms with Crippen molar-refractivity contribution in [1.82, 2.24) is 5.32 Å². The second kappa shape index (κ2) is 11.0. The Balaban J connectivity index is 1.64. The Morgan fingerprint density at radius 3 is 2.15 bits per heavy atom. The maximum absolute atomic E-state index is 12.6. The van der Waals surface area contributed by atoms with E-state index in [9.17, 15) is 14.7 Å². The van der Waals surface area contributed by atoms with E-state index in [1.54, 1.807) is 20.8 Å². The molecule has 7 nitrogen and oxygen atoms in total. The molecular weight excluding hydrogens is 442 g/mol. The molecule has 0 fully saturated rings. The van der Waals surface area contributed by atoms with E-state index in [1.165, 1.54) is 11.8 Å². The van der Waals surface area contributed by atoms with Gasteiger partial charge in [-0.15, -0.1) is 0 Å². The fraction of sp³-hybridized carbons (Fsp3) is 0.440. The van der Waals surface area contributed by atoms with Gasteiger partial charge in [-0.3, -0.25) is 0 Å². The average Bonchev–Trinajstić information content (AvgIpc) is 3.09. The minimum absolute atomic E-state index is 0.0859. The number of nitrogens with one attached hydrogen (secondary N) is 1. The summed E-state index contributed by atoms with van der Waals surface area (Å²) in [7, 11) is 0. The Morgan fingerprint density at radius 1 is 1.03 bits per heavy atom. The first kappa shape index (κ1) is 25.1. The summed E-state index contributed by atoms with van der Waals surface area (Å²) in [4.78, 5) is 25.2. The number of hydrogen-bond donors (Lipinski definition) is 3. The molecule has 2 aromatic carbocycles. The van der Waals surface area contributed by atoms with Crippen LogP contribution in [0.25, 0.3) is 11.1 Å². The predicted molar refractivity (Wildman–Crippen MR) is 128 cm³/mol. The van der Waals surface area contributed by atoms with Crippen LogP contribution in [0, 0.1) is 0 Å². The molecule has 3 rings (SSSR count). The fourth-order valence-corrected chi connectivity index (χ4v) is 4.67. The highest BCUT2D eigenvalue weighted by atomic mass is 32.2. The first-order chi connectivity index (χ1) is 15.7. The lowest BCUT2D eigenvalue weighted by Gasteiger charge is -2.24. The van der Waals surface area contributed by atoms with Crippen LogP contribution in [0.2, 0.25) is 0 Å². The Kier molecular flexibility index (Phi) is 8.40. The highest BCUT2D eigenvalue weighted by Gasteiger charge is 2.31. The molecule has 0 saturated heterocycles. The SMILES string of the molecule is CC(C)(C)OC(=O)[C@H](CSCC(O)CO)NC(=O)OCC1c2ccccc2-c2ccccc21. The number of aliphatic hydroxyl groups is 2. The zero-order valence-electron chi connectivity index (χ0n) is 19.1. The van der Waals surface area contributed by atoms with Gasteiger partial charge in [0.05, 0.1) is 12.7 Å². The Labute approximate surface area is 198 Å². The summed E-state index contributed by atoms with van der Waals surface area (Å²) in [6.45, 7) is 5.01. The quantitative estimate of drug-likeness (QED) is 0.480. The van der Waals surface area contributed by atoms with Gasteiger partial charge in [0, 0.05) is 17.4 Å². The van der Waals surface area contributed by atoms with E-state index in [4.69, 9.17) is 14.6 Å². The maximum atomic E-state index is 12.6. The Hall–Kier alpha value is -2.55. The molecule has 33 heavy (non-hydrogen) atoms. The van der Waals surface area contributed by atoms with Gasteiger partial charge < -0.3 is 25.0 Å². The number of rotatable bonds is 9. The number of ether oxygens (including phenoxy) is 2. The van der Waals surface area contributed by atoms with Gasteiger partial charge in [0.25, 0.3) is 0 Å². The van der Waals surface area contributed by atoms with Gasteiger partial charge >= 0.3 is 12.1 Å². The second-order valence-corrected chi connectivity index (χ2v) is 10.0. The van der Waals surface area contributed by atoms with E-state index >= 15 is 0 Å². The van der Waals surface area contributed by atoms with Crippen molar-refractivity contribution in [1.29, 1.82) is 0 Å². The van der Waals surface area contributed by atoms with E-state index < -0.39 is 29.8 Å². The number of esters is 1. The zero-order chi connectivity index (χ0) is 24.0. The van der Waals surface area contributed by atoms with Crippen molar-refractivity contribution >= 4 is 23.8 Å². The van der Waals surface area contributed by atoms with Gasteiger partial charge in [-0.1, -0.05) is 48.5 Å². The number of carbonyl (C=O) groups is 2. The molecule has 0 saturated carbocycles. The zero-order valence-corrected chi connectivity index (χ0v) is 19.9. The summed E-state index contributed by atoms with van der Waals surface area (Å²) in [5.41, 5.74) is 3.75. The number of benzene rings is 2. The molecule has 0 radical (unpaired) electrons. The summed E-state index contributed by atoms with van der Waals surface area (Å²) < 4.78 is 11.0. The molecule has 8 heteroatoms. The summed E-state index contributed by atoms with van der Waals surface area (Å²) in [6, 6.07) is 15.2. The maximum Gasteiger partial charge on any atom is 0.407 e. The van der Waals surface area contributed by atoms with Crippen molar-refractivity contribution in [2.45, 2.75) is 44.4 Å². The number of carbonyl (C=O) groups excluding carboxylic acids is 2. The summed E-state index contributed by atoms with van der Waals surface area (Å²) in [5, 5.41) is 21.1. The van der Waals surface area contributed by atoms with E-state index in [1.807, 2.05) is 36.4 Å². The normalized spacial score (nSPS) is 14.7. The van der Waals surface area contributed by atoms with Crippen molar-refractivity contribution in [3.05, 3.63) is 59.7 Å². The second-order valence-electron chi connectivity index (χ2n) is 8.93. The van der Waals surface area contributed by atoms with E-state index in [0.29, 0.717) is 0 Å². The van der Waals surface area contributed by atoms with Crippen molar-refractivity contribution in [2.75, 3.05) is 24.7 Å². The molecular formula is C25H31NO6S. The van der Waals surface area contributed by atoms with Gasteiger partial charge in [-0.2, -0.15) is 11.8 Å². The van der Waals surface area contributed by atoms with E-state index in [0.717, 1.165) is 22.3 Å². The first-order valence-corrected chi connectivity index (χ1v) is 12.1. The highest BCUT2D eigenvalue weighted by molar-refractivity contribution is 7.99. The molecule has 0 aromatic heterocycles. The molecule has 1 aliphatic carbocycles. The van der Waals surface area contributed by atoms with Gasteiger partial charge in [0.2, 0.25) is 0 Å². The molecule has 2 atom stereocenters. The third-order valence-corrected chi connectivity index (χ3v) is 6.32. The number of fused-ring (bicyclic) bond motifs is 3. The minimum Gasteiger partial charge on any atom is -0.458 e. The molecule has 0 bridgehead atoms. The van der Waals surface area contributed by atoms with Crippen molar-refractivity contribution in [3.8, 4) is 11.1 Å². The third kappa shape index (κ3) is 6.72. The molecule has 2 aromatic rings. The van der Waals surface area contributed by atoms with Crippen LogP contribution in [-0.4, -0.2) is 64.7 Å². The van der Waals surface area contributed by atoms with Gasteiger partial charge in [0.15, 0.2) is 0 Å². The molecule has 0 aliphatic heterocycles. The smallest absolute Gasteiger partial charge is 0.407 e. The monoisotopic (exact) mass is 473 g/mol. The van der Waals surface area contributed by atoms with Crippen molar-refractivity contribution in [3.63, 3.8) is 0 Å². The molecule has 3 N–H and O–H groups in total. The summed E-state index contributed by atoms with van der Waals surface area (Å²) in [5.74, 6) is -0.266. The van der Waals surface area contributed by atoms with Crippen LogP contribution < -0.4 is 5.32 Å². The van der Waals surface area contributed by atoms with Crippen LogP contribution in [0.5, 0.6) is 0 Å². The molecule has 0 heterocycles. The summed E-state index contributed by atoms with van der Waals surface area (Å²) in [6.07, 6.45) is -1.61. The first-order valence-electron chi connectivity index (χ1n) is 10.9. The van der Waals surface area contributed by atoms with Gasteiger partial charge in [0.1, 0.15) is 18.2 Å². The number of aliphatic hydroxyl groups excluding tert-OH is 2. The van der Waals surface area contributed by atoms with Gasteiger partial charge in [-0.25, -0.2) is 9.59 Å². The summed E-state index contributed by atoms with van der Waals surface area (Å²) >= 11 is 1.23. The minimum atomic E-state index is -0.948. The Bertz CT molecular complexity index is 928. The Morgan fingerprint density at radius 2 is 1.61 bits per heavy atom. The topological polar surface area (TPSA) is 105 Å². The van der Waals surface area contributed by atoms with Crippen LogP contribution in [0.1, 0.15) is 37.8 Å². The lowest BCUT2D eigenvalue weighted by molar-refractivity contribution is -0.156. The van der Waals surface area contributed by atoms with Crippen LogP contribution >= 0.6 is 11.8 Å². The average molecular weight is 474 g/mol. The standard InChI is InChI=1S/C25H31NO6S/c1-25(2,3)32-23(29)22(15-33-14-16(28)12-27)26-24(30)31-13-21-19-10-6-4-8-17(19)18-9-5-7-11-20(18)21/h4-11,16,21-22,27-28H,12-15H2,1-3H3,(H,26,30)/t16?,22-/m0/s1. The van der Waals surface area contributed by atoms with Crippen molar-refractivity contribution in [2.24, 2.45) is 0 Å². The molecule has 1 amide bonds. The molecule has 0 spiro atoms. The number of hydrogen-bond acceptors (Lipinski definition) is 7. The number of amides is 1. The predicted octanol–water partition coefficient (Wildman–Crippen LogP) is 3.32. The molecule has 1 aliphatic rings. The lowest BCUT2D eigenvalue weighted by Crippen LogP contribution is -2.46. The fourth-order valence-electron chi connectivity index (χ4n) is 3.70. The molecule has 178 valence electrons. The molecule has 1 unspecified atom stereocenters. The number of alkyl carbamates (subject to hydrolysis) is 1. The van der Waals surface area contributed by atoms with Crippen LogP contribution in [0.3, 0.4) is 0 Å². The lowest BCUT2D eigenvalue weighted by atomic mass is 9.98. The van der Waals surface area contributed by atoms with E-state index in [-0.39, 0.29) is 30.6 Å². The highest BCUT2D eigenvalue weighted by Crippen LogP contribution is 2.44. The largest absolute Gasteiger partial charge is 0.458 e. The number of thioether (sulfide) groups is 1. The van der Waals surface area contributed by atoms with Crippen LogP contribution in [-0.2, 0) is 14.3 Å². The van der Waals surface area contributed by atoms with Crippen molar-refractivity contribution < 1.29 is 29.3 Å². The third-order valence-electron chi connectivity index (χ3n) is 5.13. The van der Waals surface area contributed by atoms with Gasteiger partial charge in [-0.05, 0) is 43.0 Å². The van der Waals surface area contributed by atoms with Crippen LogP contribution in [0.4, 0.5) is 4.79 Å². The van der Waals surface area contributed by atoms with Crippen LogP contribution in [0.15, 0.2) is 48.5 Å². The van der Waals surface area contributed by atoms with E-state index in [2.05, 4.69) is 17.4 Å².